The molecule has 6 heteroatoms. The van der Waals surface area contributed by atoms with E-state index in [0.717, 1.165) is 4.88 Å². The number of urea groups is 1. The van der Waals surface area contributed by atoms with Crippen molar-refractivity contribution in [1.29, 1.82) is 0 Å². The van der Waals surface area contributed by atoms with E-state index in [1.165, 1.54) is 0 Å². The van der Waals surface area contributed by atoms with Crippen LogP contribution in [0.2, 0.25) is 0 Å². The summed E-state index contributed by atoms with van der Waals surface area (Å²) in [5, 5.41) is 14.2. The minimum atomic E-state index is -0.823. The fourth-order valence-electron chi connectivity index (χ4n) is 2.71. The summed E-state index contributed by atoms with van der Waals surface area (Å²) in [7, 11) is 0. The highest BCUT2D eigenvalue weighted by atomic mass is 32.1. The van der Waals surface area contributed by atoms with Crippen LogP contribution < -0.4 is 5.32 Å². The molecule has 3 atom stereocenters. The first kappa shape index (κ1) is 15.8. The number of rotatable bonds is 4. The summed E-state index contributed by atoms with van der Waals surface area (Å²) in [6.07, 6.45) is 0. The number of likely N-dealkylation sites (tertiary alicyclic amines) is 1. The third-order valence-corrected chi connectivity index (χ3v) is 4.97. The first-order chi connectivity index (χ1) is 9.90. The number of carbonyl (C=O) groups excluding carboxylic acids is 1. The fraction of sp³-hybridized carbons (Fsp3) is 0.600. The quantitative estimate of drug-likeness (QED) is 0.898. The van der Waals surface area contributed by atoms with Gasteiger partial charge in [0.05, 0.1) is 12.0 Å². The van der Waals surface area contributed by atoms with Crippen LogP contribution in [0.4, 0.5) is 4.79 Å². The molecule has 0 bridgehead atoms. The van der Waals surface area contributed by atoms with E-state index in [-0.39, 0.29) is 30.5 Å². The van der Waals surface area contributed by atoms with Gasteiger partial charge in [0.1, 0.15) is 0 Å². The summed E-state index contributed by atoms with van der Waals surface area (Å²) in [6.45, 7) is 6.80. The van der Waals surface area contributed by atoms with E-state index in [0.29, 0.717) is 6.54 Å². The van der Waals surface area contributed by atoms with E-state index in [4.69, 9.17) is 5.11 Å². The molecule has 21 heavy (non-hydrogen) atoms. The zero-order valence-electron chi connectivity index (χ0n) is 12.6. The Morgan fingerprint density at radius 1 is 1.43 bits per heavy atom. The molecule has 2 N–H and O–H groups in total. The molecule has 0 aromatic carbocycles. The highest BCUT2D eigenvalue weighted by Gasteiger charge is 2.37. The first-order valence-electron chi connectivity index (χ1n) is 7.21. The van der Waals surface area contributed by atoms with Gasteiger partial charge in [-0.05, 0) is 23.3 Å². The second kappa shape index (κ2) is 6.47. The molecule has 0 radical (unpaired) electrons. The molecular formula is C15H22N2O3S. The molecule has 1 aliphatic heterocycles. The molecule has 116 valence electrons. The summed E-state index contributed by atoms with van der Waals surface area (Å²) in [5.74, 6) is -1.01. The van der Waals surface area contributed by atoms with Crippen LogP contribution in [0.25, 0.3) is 0 Å². The number of hydrogen-bond donors (Lipinski definition) is 2. The third kappa shape index (κ3) is 3.56. The van der Waals surface area contributed by atoms with E-state index in [1.54, 1.807) is 16.2 Å². The van der Waals surface area contributed by atoms with Crippen LogP contribution in [0.5, 0.6) is 0 Å². The number of carboxylic acids is 1. The average molecular weight is 310 g/mol. The van der Waals surface area contributed by atoms with Crippen molar-refractivity contribution >= 4 is 23.3 Å². The number of amides is 2. The maximum absolute atomic E-state index is 12.4. The minimum Gasteiger partial charge on any atom is -0.481 e. The van der Waals surface area contributed by atoms with Gasteiger partial charge in [0, 0.05) is 18.0 Å². The summed E-state index contributed by atoms with van der Waals surface area (Å²) < 4.78 is 0. The number of aliphatic carboxylic acids is 1. The lowest BCUT2D eigenvalue weighted by Gasteiger charge is -2.25. The summed E-state index contributed by atoms with van der Waals surface area (Å²) in [6, 6.07) is 3.79. The number of carboxylic acid groups (broad SMARTS) is 1. The van der Waals surface area contributed by atoms with Gasteiger partial charge in [-0.1, -0.05) is 26.8 Å². The van der Waals surface area contributed by atoms with Gasteiger partial charge in [-0.25, -0.2) is 4.79 Å². The van der Waals surface area contributed by atoms with Crippen LogP contribution in [-0.2, 0) is 4.79 Å². The van der Waals surface area contributed by atoms with Crippen LogP contribution in [0, 0.1) is 17.8 Å². The standard InChI is InChI=1S/C15H22N2O3S/c1-9(2)13(12-5-4-6-21-12)16-15(20)17-7-10(3)11(8-17)14(18)19/h4-6,9-11,13H,7-8H2,1-3H3,(H,16,20)(H,18,19)/t10-,11-,13?/m1/s1. The topological polar surface area (TPSA) is 69.6 Å². The molecule has 0 spiro atoms. The predicted octanol–water partition coefficient (Wildman–Crippen LogP) is 2.81. The van der Waals surface area contributed by atoms with Crippen molar-refractivity contribution in [2.24, 2.45) is 17.8 Å². The molecule has 1 fully saturated rings. The van der Waals surface area contributed by atoms with Gasteiger partial charge in [0.2, 0.25) is 0 Å². The van der Waals surface area contributed by atoms with Crippen LogP contribution in [0.3, 0.4) is 0 Å². The maximum Gasteiger partial charge on any atom is 0.317 e. The Morgan fingerprint density at radius 3 is 2.62 bits per heavy atom. The summed E-state index contributed by atoms with van der Waals surface area (Å²) in [5.41, 5.74) is 0. The molecule has 1 unspecified atom stereocenters. The van der Waals surface area contributed by atoms with Gasteiger partial charge in [-0.2, -0.15) is 0 Å². The Bertz CT molecular complexity index is 501. The zero-order valence-corrected chi connectivity index (χ0v) is 13.4. The largest absolute Gasteiger partial charge is 0.481 e. The fourth-order valence-corrected chi connectivity index (χ4v) is 3.66. The lowest BCUT2D eigenvalue weighted by molar-refractivity contribution is -0.142. The third-order valence-electron chi connectivity index (χ3n) is 4.01. The van der Waals surface area contributed by atoms with Gasteiger partial charge >= 0.3 is 12.0 Å². The SMILES string of the molecule is CC(C)C(NC(=O)N1C[C@@H](C)[C@H](C(=O)O)C1)c1cccs1. The smallest absolute Gasteiger partial charge is 0.317 e. The molecular weight excluding hydrogens is 288 g/mol. The Balaban J connectivity index is 2.02. The summed E-state index contributed by atoms with van der Waals surface area (Å²) in [4.78, 5) is 26.3. The van der Waals surface area contributed by atoms with Crippen molar-refractivity contribution in [2.75, 3.05) is 13.1 Å². The van der Waals surface area contributed by atoms with Crippen LogP contribution in [-0.4, -0.2) is 35.1 Å². The molecule has 0 aliphatic carbocycles. The van der Waals surface area contributed by atoms with Crippen molar-refractivity contribution in [3.8, 4) is 0 Å². The lowest BCUT2D eigenvalue weighted by Crippen LogP contribution is -2.42. The highest BCUT2D eigenvalue weighted by molar-refractivity contribution is 7.10. The van der Waals surface area contributed by atoms with Crippen molar-refractivity contribution in [1.82, 2.24) is 10.2 Å². The van der Waals surface area contributed by atoms with E-state index in [1.807, 2.05) is 24.4 Å². The predicted molar refractivity (Wildman–Crippen MR) is 82.3 cm³/mol. The van der Waals surface area contributed by atoms with Gasteiger partial charge in [0.15, 0.2) is 0 Å². The Kier molecular flexibility index (Phi) is 4.88. The average Bonchev–Trinajstić information content (AvgIpc) is 3.04. The molecule has 2 rings (SSSR count). The molecule has 1 aromatic rings. The minimum absolute atomic E-state index is 0.00696. The molecule has 1 saturated heterocycles. The van der Waals surface area contributed by atoms with E-state index >= 15 is 0 Å². The van der Waals surface area contributed by atoms with E-state index < -0.39 is 11.9 Å². The Labute approximate surface area is 129 Å². The molecule has 2 heterocycles. The lowest BCUT2D eigenvalue weighted by atomic mass is 9.99. The highest BCUT2D eigenvalue weighted by Crippen LogP contribution is 2.28. The molecule has 0 saturated carbocycles. The van der Waals surface area contributed by atoms with Crippen LogP contribution >= 0.6 is 11.3 Å². The van der Waals surface area contributed by atoms with Crippen molar-refractivity contribution in [3.63, 3.8) is 0 Å². The normalized spacial score (nSPS) is 23.3. The monoisotopic (exact) mass is 310 g/mol. The van der Waals surface area contributed by atoms with Gasteiger partial charge in [-0.3, -0.25) is 4.79 Å². The van der Waals surface area contributed by atoms with Gasteiger partial charge in [0.25, 0.3) is 0 Å². The van der Waals surface area contributed by atoms with E-state index in [2.05, 4.69) is 19.2 Å². The zero-order chi connectivity index (χ0) is 15.6. The van der Waals surface area contributed by atoms with Crippen molar-refractivity contribution < 1.29 is 14.7 Å². The Morgan fingerprint density at radius 2 is 2.14 bits per heavy atom. The maximum atomic E-state index is 12.4. The molecule has 1 aromatic heterocycles. The second-order valence-electron chi connectivity index (χ2n) is 6.01. The van der Waals surface area contributed by atoms with Crippen LogP contribution in [0.15, 0.2) is 17.5 Å². The molecule has 1 aliphatic rings. The first-order valence-corrected chi connectivity index (χ1v) is 8.09. The van der Waals surface area contributed by atoms with Crippen molar-refractivity contribution in [3.05, 3.63) is 22.4 Å². The van der Waals surface area contributed by atoms with Gasteiger partial charge < -0.3 is 15.3 Å². The van der Waals surface area contributed by atoms with Crippen LogP contribution in [0.1, 0.15) is 31.7 Å². The summed E-state index contributed by atoms with van der Waals surface area (Å²) >= 11 is 1.62. The number of nitrogens with zero attached hydrogens (tertiary/aromatic N) is 1. The van der Waals surface area contributed by atoms with E-state index in [9.17, 15) is 9.59 Å². The molecule has 2 amide bonds. The number of nitrogens with one attached hydrogen (secondary N) is 1. The van der Waals surface area contributed by atoms with Crippen molar-refractivity contribution in [2.45, 2.75) is 26.8 Å². The Hall–Kier alpha value is -1.56. The number of hydrogen-bond acceptors (Lipinski definition) is 3. The number of thiophene rings is 1. The number of carbonyl (C=O) groups is 2. The molecule has 5 nitrogen and oxygen atoms in total. The second-order valence-corrected chi connectivity index (χ2v) is 6.99. The van der Waals surface area contributed by atoms with Gasteiger partial charge in [-0.15, -0.1) is 11.3 Å².